The molecular formula is C15H13FO3. The Kier molecular flexibility index (Phi) is 3.25. The summed E-state index contributed by atoms with van der Waals surface area (Å²) in [5.74, 6) is -1.21. The number of hydrogen-bond acceptors (Lipinski definition) is 2. The zero-order valence-electron chi connectivity index (χ0n) is 9.31. The number of carbonyl (C=O) groups is 1. The Labute approximate surface area is 109 Å². The fraction of sp³-hybridized carbons (Fsp3) is 0.133. The predicted octanol–water partition coefficient (Wildman–Crippen LogP) is 3.99. The van der Waals surface area contributed by atoms with E-state index in [-0.39, 0.29) is 19.7 Å². The van der Waals surface area contributed by atoms with Crippen molar-refractivity contribution in [1.29, 1.82) is 0 Å². The molecule has 1 N–H and O–H groups in total. The van der Waals surface area contributed by atoms with Gasteiger partial charge in [-0.05, 0) is 29.8 Å². The van der Waals surface area contributed by atoms with Crippen LogP contribution in [0.3, 0.4) is 0 Å². The van der Waals surface area contributed by atoms with Gasteiger partial charge in [0.05, 0.1) is 6.42 Å². The number of rotatable bonds is 2. The maximum absolute atomic E-state index is 13.2. The smallest absolute Gasteiger partial charge is 0.307 e. The first kappa shape index (κ1) is 13.1. The van der Waals surface area contributed by atoms with Crippen LogP contribution in [0.15, 0.2) is 40.8 Å². The zero-order valence-corrected chi connectivity index (χ0v) is 9.31. The zero-order chi connectivity index (χ0) is 12.7. The molecule has 19 heavy (non-hydrogen) atoms. The van der Waals surface area contributed by atoms with Gasteiger partial charge in [0.25, 0.3) is 0 Å². The van der Waals surface area contributed by atoms with Crippen LogP contribution >= 0.6 is 0 Å². The van der Waals surface area contributed by atoms with E-state index in [1.807, 2.05) is 0 Å². The van der Waals surface area contributed by atoms with Crippen molar-refractivity contribution in [3.8, 4) is 0 Å². The minimum absolute atomic E-state index is 0. The average Bonchev–Trinajstić information content (AvgIpc) is 2.65. The highest BCUT2D eigenvalue weighted by molar-refractivity contribution is 6.05. The third kappa shape index (κ3) is 2.29. The highest BCUT2D eigenvalue weighted by Gasteiger charge is 2.09. The van der Waals surface area contributed by atoms with Crippen LogP contribution in [0.1, 0.15) is 13.0 Å². The number of carboxylic acids is 1. The molecule has 0 aliphatic rings. The van der Waals surface area contributed by atoms with Gasteiger partial charge < -0.3 is 9.52 Å². The molecule has 1 heterocycles. The van der Waals surface area contributed by atoms with Gasteiger partial charge in [0.15, 0.2) is 0 Å². The van der Waals surface area contributed by atoms with E-state index in [0.717, 1.165) is 5.39 Å². The number of hydrogen-bond donors (Lipinski definition) is 1. The molecule has 4 heteroatoms. The Morgan fingerprint density at radius 2 is 1.89 bits per heavy atom. The second-order valence-corrected chi connectivity index (χ2v) is 4.14. The van der Waals surface area contributed by atoms with Gasteiger partial charge >= 0.3 is 5.97 Å². The van der Waals surface area contributed by atoms with Crippen molar-refractivity contribution >= 4 is 27.9 Å². The molecule has 0 fully saturated rings. The van der Waals surface area contributed by atoms with Crippen LogP contribution in [0.5, 0.6) is 0 Å². The molecule has 0 spiro atoms. The minimum Gasteiger partial charge on any atom is -0.481 e. The fourth-order valence-electron chi connectivity index (χ4n) is 2.08. The van der Waals surface area contributed by atoms with Crippen molar-refractivity contribution in [3.05, 3.63) is 47.8 Å². The Bertz CT molecular complexity index is 759. The molecule has 1 aromatic heterocycles. The molecule has 0 saturated carbocycles. The first-order chi connectivity index (χ1) is 8.63. The van der Waals surface area contributed by atoms with Crippen molar-refractivity contribution in [2.45, 2.75) is 13.8 Å². The molecule has 0 aliphatic heterocycles. The average molecular weight is 260 g/mol. The number of halogens is 1. The van der Waals surface area contributed by atoms with Crippen molar-refractivity contribution in [1.82, 2.24) is 0 Å². The lowest BCUT2D eigenvalue weighted by Crippen LogP contribution is -1.99. The third-order valence-electron chi connectivity index (χ3n) is 2.85. The van der Waals surface area contributed by atoms with Gasteiger partial charge in [-0.1, -0.05) is 19.6 Å². The van der Waals surface area contributed by atoms with Gasteiger partial charge in [-0.25, -0.2) is 4.39 Å². The summed E-state index contributed by atoms with van der Waals surface area (Å²) in [6.45, 7) is 0. The molecule has 0 radical (unpaired) electrons. The SMILES string of the molecule is C.O=C(O)Cc1ccc2c(c1)oc1ccc(F)cc12. The lowest BCUT2D eigenvalue weighted by molar-refractivity contribution is -0.136. The molecule has 3 aromatic rings. The van der Waals surface area contributed by atoms with Crippen LogP contribution < -0.4 is 0 Å². The quantitative estimate of drug-likeness (QED) is 0.758. The summed E-state index contributed by atoms with van der Waals surface area (Å²) in [7, 11) is 0. The lowest BCUT2D eigenvalue weighted by atomic mass is 10.1. The van der Waals surface area contributed by atoms with Gasteiger partial charge in [0.1, 0.15) is 17.0 Å². The lowest BCUT2D eigenvalue weighted by Gasteiger charge is -1.96. The van der Waals surface area contributed by atoms with Crippen LogP contribution in [-0.4, -0.2) is 11.1 Å². The van der Waals surface area contributed by atoms with Crippen LogP contribution in [0.2, 0.25) is 0 Å². The van der Waals surface area contributed by atoms with Gasteiger partial charge in [0.2, 0.25) is 0 Å². The summed E-state index contributed by atoms with van der Waals surface area (Å²) in [6.07, 6.45) is -0.0542. The second kappa shape index (κ2) is 4.72. The number of furan rings is 1. The molecule has 0 atom stereocenters. The maximum Gasteiger partial charge on any atom is 0.307 e. The van der Waals surface area contributed by atoms with E-state index in [0.29, 0.717) is 22.1 Å². The van der Waals surface area contributed by atoms with Crippen LogP contribution in [0.4, 0.5) is 4.39 Å². The highest BCUT2D eigenvalue weighted by atomic mass is 19.1. The molecular weight excluding hydrogens is 247 g/mol. The first-order valence-electron chi connectivity index (χ1n) is 5.46. The number of aliphatic carboxylic acids is 1. The van der Waals surface area contributed by atoms with Crippen molar-refractivity contribution in [2.75, 3.05) is 0 Å². The highest BCUT2D eigenvalue weighted by Crippen LogP contribution is 2.29. The summed E-state index contributed by atoms with van der Waals surface area (Å²) >= 11 is 0. The molecule has 2 aromatic carbocycles. The van der Waals surface area contributed by atoms with E-state index in [1.54, 1.807) is 24.3 Å². The van der Waals surface area contributed by atoms with Crippen LogP contribution in [0, 0.1) is 5.82 Å². The van der Waals surface area contributed by atoms with E-state index in [4.69, 9.17) is 9.52 Å². The monoisotopic (exact) mass is 260 g/mol. The topological polar surface area (TPSA) is 50.4 Å². The van der Waals surface area contributed by atoms with E-state index < -0.39 is 5.97 Å². The molecule has 0 unspecified atom stereocenters. The molecule has 0 saturated heterocycles. The molecule has 98 valence electrons. The molecule has 3 nitrogen and oxygen atoms in total. The molecule has 3 rings (SSSR count). The Morgan fingerprint density at radius 1 is 1.11 bits per heavy atom. The summed E-state index contributed by atoms with van der Waals surface area (Å²) in [5.41, 5.74) is 1.84. The molecule has 0 bridgehead atoms. The van der Waals surface area contributed by atoms with Crippen LogP contribution in [0.25, 0.3) is 21.9 Å². The van der Waals surface area contributed by atoms with E-state index in [2.05, 4.69) is 0 Å². The third-order valence-corrected chi connectivity index (χ3v) is 2.85. The van der Waals surface area contributed by atoms with E-state index >= 15 is 0 Å². The summed E-state index contributed by atoms with van der Waals surface area (Å²) in [5, 5.41) is 10.2. The molecule has 0 aliphatic carbocycles. The van der Waals surface area contributed by atoms with Gasteiger partial charge in [0, 0.05) is 10.8 Å². The number of carboxylic acid groups (broad SMARTS) is 1. The van der Waals surface area contributed by atoms with Crippen molar-refractivity contribution < 1.29 is 18.7 Å². The Morgan fingerprint density at radius 3 is 2.63 bits per heavy atom. The summed E-state index contributed by atoms with van der Waals surface area (Å²) in [4.78, 5) is 10.6. The van der Waals surface area contributed by atoms with Crippen molar-refractivity contribution in [3.63, 3.8) is 0 Å². The standard InChI is InChI=1S/C14H9FO3.CH4/c15-9-2-4-12-11(7-9)10-3-1-8(6-14(16)17)5-13(10)18-12;/h1-5,7H,6H2,(H,16,17);1H4. The summed E-state index contributed by atoms with van der Waals surface area (Å²) < 4.78 is 18.7. The van der Waals surface area contributed by atoms with Gasteiger partial charge in [-0.2, -0.15) is 0 Å². The molecule has 0 amide bonds. The normalized spacial score (nSPS) is 10.6. The van der Waals surface area contributed by atoms with E-state index in [1.165, 1.54) is 12.1 Å². The predicted molar refractivity (Wildman–Crippen MR) is 71.7 cm³/mol. The van der Waals surface area contributed by atoms with Gasteiger partial charge in [-0.15, -0.1) is 0 Å². The number of benzene rings is 2. The largest absolute Gasteiger partial charge is 0.481 e. The Hall–Kier alpha value is -2.36. The second-order valence-electron chi connectivity index (χ2n) is 4.14. The number of fused-ring (bicyclic) bond motifs is 3. The first-order valence-corrected chi connectivity index (χ1v) is 5.46. The minimum atomic E-state index is -0.892. The fourth-order valence-corrected chi connectivity index (χ4v) is 2.08. The van der Waals surface area contributed by atoms with Crippen LogP contribution in [-0.2, 0) is 11.2 Å². The van der Waals surface area contributed by atoms with Crippen molar-refractivity contribution in [2.24, 2.45) is 0 Å². The Balaban J connectivity index is 0.00000133. The van der Waals surface area contributed by atoms with E-state index in [9.17, 15) is 9.18 Å². The van der Waals surface area contributed by atoms with Gasteiger partial charge in [-0.3, -0.25) is 4.79 Å². The maximum atomic E-state index is 13.2. The summed E-state index contributed by atoms with van der Waals surface area (Å²) in [6, 6.07) is 9.49.